The Bertz CT molecular complexity index is 22.5. The van der Waals surface area contributed by atoms with Crippen molar-refractivity contribution in [3.8, 4) is 0 Å². The first-order valence-corrected chi connectivity index (χ1v) is 0. The fraction of sp³-hybridized carbons (Fsp3) is 0. The molecule has 0 unspecified atom stereocenters. The average Bonchev–Trinajstić information content (AvgIpc) is 0. The van der Waals surface area contributed by atoms with Crippen LogP contribution in [-0.4, -0.2) is 0 Å². The third kappa shape index (κ3) is 203. The largest absolute Gasteiger partial charge is 4.00 e. The smallest absolute Gasteiger partial charge is 2.00 e. The van der Waals surface area contributed by atoms with Gasteiger partial charge in [-0.2, -0.15) is 0 Å². The summed E-state index contributed by atoms with van der Waals surface area (Å²) >= 11 is 0. The molecule has 0 atom stereocenters. The van der Waals surface area contributed by atoms with Crippen LogP contribution in [0.5, 0.6) is 0 Å². The molecule has 0 aliphatic rings. The van der Waals surface area contributed by atoms with Gasteiger partial charge in [0.2, 0.25) is 0 Å². The molecule has 0 amide bonds. The summed E-state index contributed by atoms with van der Waals surface area (Å²) in [5, 5.41) is 0. The maximum absolute atomic E-state index is 0. The molecule has 0 heterocycles. The van der Waals surface area contributed by atoms with Gasteiger partial charge in [-0.1, -0.05) is 0 Å². The second-order valence-electron chi connectivity index (χ2n) is 0. The van der Waals surface area contributed by atoms with Gasteiger partial charge in [0, 0.05) is 0 Å². The van der Waals surface area contributed by atoms with Gasteiger partial charge in [-0.15, -0.1) is 0 Å². The van der Waals surface area contributed by atoms with Gasteiger partial charge in [0.05, 0.1) is 0 Å². The Morgan fingerprint density at radius 2 is 0.308 bits per heavy atom. The van der Waals surface area contributed by atoms with Crippen molar-refractivity contribution < 1.29 is 165 Å². The van der Waals surface area contributed by atoms with Crippen LogP contribution >= 0.6 is 0 Å². The summed E-state index contributed by atoms with van der Waals surface area (Å²) in [6.07, 6.45) is 0. The Balaban J connectivity index is 0. The first-order chi connectivity index (χ1) is 0. The van der Waals surface area contributed by atoms with Crippen molar-refractivity contribution in [1.29, 1.82) is 0 Å². The van der Waals surface area contributed by atoms with E-state index in [1.165, 1.54) is 0 Å². The van der Waals surface area contributed by atoms with Crippen LogP contribution in [0.2, 0.25) is 0 Å². The molecule has 0 fully saturated rings. The van der Waals surface area contributed by atoms with Crippen LogP contribution in [0.1, 0.15) is 0 Å². The molecule has 13 heteroatoms. The van der Waals surface area contributed by atoms with E-state index in [9.17, 15) is 0 Å². The van der Waals surface area contributed by atoms with Crippen molar-refractivity contribution in [3.63, 3.8) is 0 Å². The molecule has 7 nitrogen and oxygen atoms in total. The van der Waals surface area contributed by atoms with E-state index in [4.69, 9.17) is 0 Å². The minimum absolute atomic E-state index is 0. The van der Waals surface area contributed by atoms with Crippen molar-refractivity contribution in [1.82, 2.24) is 0 Å². The van der Waals surface area contributed by atoms with Gasteiger partial charge in [0.1, 0.15) is 0 Å². The zero-order valence-corrected chi connectivity index (χ0v) is 17.9. The Hall–Kier alpha value is 3.88. The molecule has 0 aliphatic heterocycles. The second-order valence-corrected chi connectivity index (χ2v) is 0. The summed E-state index contributed by atoms with van der Waals surface area (Å²) in [6.45, 7) is 0. The molecule has 0 saturated heterocycles. The van der Waals surface area contributed by atoms with Gasteiger partial charge in [-0.05, 0) is 0 Å². The van der Waals surface area contributed by atoms with E-state index >= 15 is 0 Å². The summed E-state index contributed by atoms with van der Waals surface area (Å²) in [7, 11) is 0. The van der Waals surface area contributed by atoms with Crippen LogP contribution < -0.4 is 0 Å². The van der Waals surface area contributed by atoms with E-state index < -0.39 is 0 Å². The van der Waals surface area contributed by atoms with E-state index in [1.807, 2.05) is 0 Å². The number of hydrogen-bond acceptors (Lipinski definition) is 0. The van der Waals surface area contributed by atoms with E-state index in [-0.39, 0.29) is 165 Å². The fourth-order valence-corrected chi connectivity index (χ4v) is 0. The molecule has 0 spiro atoms. The average molecular weight is 554 g/mol. The summed E-state index contributed by atoms with van der Waals surface area (Å²) in [4.78, 5) is 0. The first-order valence-electron chi connectivity index (χ1n) is 0. The van der Waals surface area contributed by atoms with Crippen LogP contribution in [0.3, 0.4) is 0 Å². The Morgan fingerprint density at radius 1 is 0.308 bits per heavy atom. The molecular formula is Ag2O7Ti2Zn2. The molecule has 13 heavy (non-hydrogen) atoms. The van der Waals surface area contributed by atoms with Crippen LogP contribution in [0.25, 0.3) is 0 Å². The minimum atomic E-state index is 0. The van der Waals surface area contributed by atoms with Crippen molar-refractivity contribution >= 4 is 0 Å². The van der Waals surface area contributed by atoms with Gasteiger partial charge in [0.15, 0.2) is 0 Å². The van der Waals surface area contributed by atoms with Crippen molar-refractivity contribution in [2.45, 2.75) is 0 Å². The van der Waals surface area contributed by atoms with Crippen LogP contribution in [0, 0.1) is 0 Å². The van der Waals surface area contributed by atoms with Crippen molar-refractivity contribution in [2.75, 3.05) is 0 Å². The predicted molar refractivity (Wildman–Crippen MR) is 4.81 cm³/mol. The Labute approximate surface area is 163 Å². The molecule has 76 valence electrons. The zero-order chi connectivity index (χ0) is 0. The predicted octanol–water partition coefficient (Wildman–Crippen LogP) is -0.847. The Morgan fingerprint density at radius 3 is 0.308 bits per heavy atom. The topological polar surface area (TPSA) is 200 Å². The maximum Gasteiger partial charge on any atom is 4.00 e. The fourth-order valence-electron chi connectivity index (χ4n) is 0. The molecule has 0 bridgehead atoms. The van der Waals surface area contributed by atoms with E-state index in [0.29, 0.717) is 0 Å². The van der Waals surface area contributed by atoms with Gasteiger partial charge < -0.3 is 38.3 Å². The third-order valence-corrected chi connectivity index (χ3v) is 0. The summed E-state index contributed by atoms with van der Waals surface area (Å²) < 4.78 is 0. The molecule has 0 rings (SSSR count). The standard InChI is InChI=1S/2Ag.7O.2Ti.2Zn/q2*+1;7*-2;2*+4;2*+2. The van der Waals surface area contributed by atoms with Gasteiger partial charge in [-0.25, -0.2) is 0 Å². The molecule has 0 aromatic carbocycles. The van der Waals surface area contributed by atoms with Crippen LogP contribution in [-0.2, 0) is 165 Å². The maximum atomic E-state index is 0. The normalized spacial score (nSPS) is 0. The summed E-state index contributed by atoms with van der Waals surface area (Å²) in [6, 6.07) is 0. The molecular weight excluding hydrogens is 554 g/mol. The summed E-state index contributed by atoms with van der Waals surface area (Å²) in [5.74, 6) is 0. The number of rotatable bonds is 0. The monoisotopic (exact) mass is 550 g/mol. The minimum Gasteiger partial charge on any atom is -2.00 e. The SMILES string of the molecule is [Ag+].[Ag+].[O-2].[O-2].[O-2].[O-2].[O-2].[O-2].[O-2].[Ti+4].[Ti+4].[Zn+2].[Zn+2]. The van der Waals surface area contributed by atoms with E-state index in [0.717, 1.165) is 0 Å². The third-order valence-electron chi connectivity index (χ3n) is 0. The Kier molecular flexibility index (Phi) is 5090. The van der Waals surface area contributed by atoms with Crippen molar-refractivity contribution in [2.24, 2.45) is 0 Å². The molecule has 0 saturated carbocycles. The quantitative estimate of drug-likeness (QED) is 0.337. The van der Waals surface area contributed by atoms with E-state index in [1.54, 1.807) is 0 Å². The van der Waals surface area contributed by atoms with Gasteiger partial charge in [0.25, 0.3) is 0 Å². The molecule has 0 aromatic heterocycles. The molecule has 0 N–H and O–H groups in total. The van der Waals surface area contributed by atoms with Crippen LogP contribution in [0.4, 0.5) is 0 Å². The van der Waals surface area contributed by atoms with Crippen molar-refractivity contribution in [3.05, 3.63) is 0 Å². The number of hydrogen-bond donors (Lipinski definition) is 0. The second kappa shape index (κ2) is 234. The molecule has 0 aliphatic carbocycles. The first kappa shape index (κ1) is 283. The van der Waals surface area contributed by atoms with E-state index in [2.05, 4.69) is 0 Å². The zero-order valence-electron chi connectivity index (χ0n) is 5.87. The van der Waals surface area contributed by atoms with Gasteiger partial charge in [-0.3, -0.25) is 0 Å². The van der Waals surface area contributed by atoms with Gasteiger partial charge >= 0.3 is 127 Å². The van der Waals surface area contributed by atoms with Crippen LogP contribution in [0.15, 0.2) is 0 Å². The summed E-state index contributed by atoms with van der Waals surface area (Å²) in [5.41, 5.74) is 0. The molecule has 0 aromatic rings. The molecule has 0 radical (unpaired) electrons.